The van der Waals surface area contributed by atoms with E-state index in [0.717, 1.165) is 12.3 Å². The van der Waals surface area contributed by atoms with Crippen molar-refractivity contribution in [3.05, 3.63) is 42.4 Å². The van der Waals surface area contributed by atoms with Crippen molar-refractivity contribution in [2.24, 2.45) is 11.3 Å². The number of hydrogen-bond donors (Lipinski definition) is 1. The van der Waals surface area contributed by atoms with E-state index in [4.69, 9.17) is 0 Å². The first kappa shape index (κ1) is 14.7. The molecular formula is C21H26N2O. The predicted molar refractivity (Wildman–Crippen MR) is 94.7 cm³/mol. The Balaban J connectivity index is 1.46. The molecule has 4 aliphatic rings. The zero-order chi connectivity index (χ0) is 16.1. The number of fused-ring (bicyclic) bond motifs is 7. The number of hydrogen-bond acceptors (Lipinski definition) is 2. The molecule has 6 rings (SSSR count). The van der Waals surface area contributed by atoms with Gasteiger partial charge in [-0.15, -0.1) is 0 Å². The molecule has 3 nitrogen and oxygen atoms in total. The quantitative estimate of drug-likeness (QED) is 0.899. The van der Waals surface area contributed by atoms with Crippen LogP contribution in [0.4, 0.5) is 0 Å². The minimum absolute atomic E-state index is 0.172. The number of benzene rings is 1. The molecule has 1 aromatic heterocycles. The number of aromatic nitrogens is 2. The van der Waals surface area contributed by atoms with Crippen molar-refractivity contribution in [1.82, 2.24) is 9.55 Å². The fourth-order valence-electron chi connectivity index (χ4n) is 5.67. The van der Waals surface area contributed by atoms with Crippen LogP contribution in [0.1, 0.15) is 63.0 Å². The average molecular weight is 322 g/mol. The van der Waals surface area contributed by atoms with Crippen molar-refractivity contribution in [2.75, 3.05) is 0 Å². The SMILES string of the molecule is OC(CC1c2ccccc2-c2cncn21)C12CCCC(CC1)CC2. The molecule has 3 saturated carbocycles. The molecule has 1 aliphatic heterocycles. The lowest BCUT2D eigenvalue weighted by atomic mass is 9.66. The molecule has 1 N–H and O–H groups in total. The maximum atomic E-state index is 11.3. The van der Waals surface area contributed by atoms with Gasteiger partial charge in [-0.25, -0.2) is 4.98 Å². The molecule has 0 radical (unpaired) electrons. The van der Waals surface area contributed by atoms with Crippen LogP contribution in [0.2, 0.25) is 0 Å². The molecule has 2 aromatic rings. The first-order valence-corrected chi connectivity index (χ1v) is 9.56. The molecule has 24 heavy (non-hydrogen) atoms. The Morgan fingerprint density at radius 3 is 2.88 bits per heavy atom. The van der Waals surface area contributed by atoms with E-state index in [2.05, 4.69) is 33.8 Å². The minimum Gasteiger partial charge on any atom is -0.392 e. The third-order valence-electron chi connectivity index (χ3n) is 7.14. The molecule has 2 unspecified atom stereocenters. The van der Waals surface area contributed by atoms with Gasteiger partial charge in [-0.2, -0.15) is 0 Å². The summed E-state index contributed by atoms with van der Waals surface area (Å²) in [6, 6.07) is 8.86. The van der Waals surface area contributed by atoms with Gasteiger partial charge in [0, 0.05) is 5.56 Å². The van der Waals surface area contributed by atoms with Gasteiger partial charge in [-0.1, -0.05) is 37.1 Å². The third kappa shape index (κ3) is 2.10. The van der Waals surface area contributed by atoms with Gasteiger partial charge in [0.05, 0.1) is 30.4 Å². The number of rotatable bonds is 3. The molecule has 2 atom stereocenters. The van der Waals surface area contributed by atoms with E-state index in [1.165, 1.54) is 61.8 Å². The van der Waals surface area contributed by atoms with Crippen LogP contribution in [0.5, 0.6) is 0 Å². The average Bonchev–Trinajstić information content (AvgIpc) is 3.04. The van der Waals surface area contributed by atoms with Gasteiger partial charge in [0.15, 0.2) is 0 Å². The van der Waals surface area contributed by atoms with Crippen LogP contribution < -0.4 is 0 Å². The Morgan fingerprint density at radius 2 is 2.00 bits per heavy atom. The second-order valence-corrected chi connectivity index (χ2v) is 8.24. The number of imidazole rings is 1. The summed E-state index contributed by atoms with van der Waals surface area (Å²) >= 11 is 0. The summed E-state index contributed by atoms with van der Waals surface area (Å²) in [5.41, 5.74) is 4.01. The summed E-state index contributed by atoms with van der Waals surface area (Å²) < 4.78 is 2.27. The zero-order valence-electron chi connectivity index (χ0n) is 14.2. The van der Waals surface area contributed by atoms with E-state index in [-0.39, 0.29) is 17.6 Å². The molecule has 126 valence electrons. The normalized spacial score (nSPS) is 32.2. The summed E-state index contributed by atoms with van der Waals surface area (Å²) in [6.07, 6.45) is 13.5. The number of nitrogens with zero attached hydrogens (tertiary/aromatic N) is 2. The third-order valence-corrected chi connectivity index (χ3v) is 7.14. The summed E-state index contributed by atoms with van der Waals surface area (Å²) in [7, 11) is 0. The second-order valence-electron chi connectivity index (χ2n) is 8.24. The van der Waals surface area contributed by atoms with Crippen molar-refractivity contribution in [1.29, 1.82) is 0 Å². The highest BCUT2D eigenvalue weighted by molar-refractivity contribution is 5.68. The van der Waals surface area contributed by atoms with Gasteiger partial charge >= 0.3 is 0 Å². The molecule has 1 aromatic carbocycles. The highest BCUT2D eigenvalue weighted by Gasteiger charge is 2.44. The van der Waals surface area contributed by atoms with Crippen LogP contribution in [-0.4, -0.2) is 20.8 Å². The Labute approximate surface area is 143 Å². The fraction of sp³-hybridized carbons (Fsp3) is 0.571. The molecule has 0 saturated heterocycles. The lowest BCUT2D eigenvalue weighted by molar-refractivity contribution is -0.0191. The van der Waals surface area contributed by atoms with Crippen LogP contribution in [0.3, 0.4) is 0 Å². The first-order chi connectivity index (χ1) is 11.8. The molecule has 0 spiro atoms. The van der Waals surface area contributed by atoms with Gasteiger partial charge in [0.25, 0.3) is 0 Å². The van der Waals surface area contributed by atoms with Gasteiger partial charge < -0.3 is 9.67 Å². The van der Waals surface area contributed by atoms with Gasteiger partial charge in [0.1, 0.15) is 0 Å². The molecule has 2 bridgehead atoms. The second kappa shape index (κ2) is 5.45. The summed E-state index contributed by atoms with van der Waals surface area (Å²) in [6.45, 7) is 0. The van der Waals surface area contributed by atoms with Crippen molar-refractivity contribution >= 4 is 0 Å². The van der Waals surface area contributed by atoms with Crippen molar-refractivity contribution in [3.63, 3.8) is 0 Å². The van der Waals surface area contributed by atoms with Crippen molar-refractivity contribution in [2.45, 2.75) is 63.5 Å². The zero-order valence-corrected chi connectivity index (χ0v) is 14.2. The number of aliphatic hydroxyl groups is 1. The smallest absolute Gasteiger partial charge is 0.0956 e. The van der Waals surface area contributed by atoms with Crippen LogP contribution >= 0.6 is 0 Å². The lowest BCUT2D eigenvalue weighted by Gasteiger charge is -2.42. The molecule has 3 fully saturated rings. The molecule has 3 heteroatoms. The van der Waals surface area contributed by atoms with Crippen molar-refractivity contribution in [3.8, 4) is 11.3 Å². The monoisotopic (exact) mass is 322 g/mol. The Bertz CT molecular complexity index is 736. The fourth-order valence-corrected chi connectivity index (χ4v) is 5.67. The van der Waals surface area contributed by atoms with Gasteiger partial charge in [0.2, 0.25) is 0 Å². The summed E-state index contributed by atoms with van der Waals surface area (Å²) in [4.78, 5) is 4.35. The van der Waals surface area contributed by atoms with E-state index in [1.807, 2.05) is 12.5 Å². The van der Waals surface area contributed by atoms with Gasteiger partial charge in [-0.05, 0) is 55.4 Å². The highest BCUT2D eigenvalue weighted by Crippen LogP contribution is 2.52. The molecule has 0 amide bonds. The standard InChI is InChI=1S/C21H26N2O/c24-20(21-9-3-4-15(7-10-21)8-11-21)12-18-16-5-1-2-6-17(16)19-13-22-14-23(18)19/h1-2,5-6,13-15,18,20,24H,3-4,7-12H2. The Kier molecular flexibility index (Phi) is 3.34. The van der Waals surface area contributed by atoms with E-state index < -0.39 is 0 Å². The highest BCUT2D eigenvalue weighted by atomic mass is 16.3. The lowest BCUT2D eigenvalue weighted by Crippen LogP contribution is -2.38. The maximum absolute atomic E-state index is 11.3. The van der Waals surface area contributed by atoms with Crippen LogP contribution in [0, 0.1) is 11.3 Å². The summed E-state index contributed by atoms with van der Waals surface area (Å²) in [5.74, 6) is 0.931. The maximum Gasteiger partial charge on any atom is 0.0956 e. The molecular weight excluding hydrogens is 296 g/mol. The summed E-state index contributed by atoms with van der Waals surface area (Å²) in [5, 5.41) is 11.3. The van der Waals surface area contributed by atoms with E-state index in [0.29, 0.717) is 0 Å². The molecule has 2 heterocycles. The van der Waals surface area contributed by atoms with Crippen LogP contribution in [0.15, 0.2) is 36.8 Å². The van der Waals surface area contributed by atoms with Crippen LogP contribution in [0.25, 0.3) is 11.3 Å². The van der Waals surface area contributed by atoms with E-state index in [1.54, 1.807) is 0 Å². The largest absolute Gasteiger partial charge is 0.392 e. The van der Waals surface area contributed by atoms with Crippen LogP contribution in [-0.2, 0) is 0 Å². The predicted octanol–water partition coefficient (Wildman–Crippen LogP) is 4.56. The topological polar surface area (TPSA) is 38.1 Å². The first-order valence-electron chi connectivity index (χ1n) is 9.56. The number of aliphatic hydroxyl groups excluding tert-OH is 1. The molecule has 3 aliphatic carbocycles. The Hall–Kier alpha value is -1.61. The minimum atomic E-state index is -0.206. The van der Waals surface area contributed by atoms with Gasteiger partial charge in [-0.3, -0.25) is 0 Å². The van der Waals surface area contributed by atoms with E-state index >= 15 is 0 Å². The Morgan fingerprint density at radius 1 is 1.17 bits per heavy atom. The van der Waals surface area contributed by atoms with E-state index in [9.17, 15) is 5.11 Å². The van der Waals surface area contributed by atoms with Crippen molar-refractivity contribution < 1.29 is 5.11 Å².